The summed E-state index contributed by atoms with van der Waals surface area (Å²) in [6, 6.07) is 9.66. The number of aryl methyl sites for hydroxylation is 1. The Morgan fingerprint density at radius 1 is 1.15 bits per heavy atom. The largest absolute Gasteiger partial charge is 0.493 e. The van der Waals surface area contributed by atoms with Gasteiger partial charge >= 0.3 is 0 Å². The van der Waals surface area contributed by atoms with Gasteiger partial charge in [-0.25, -0.2) is 4.98 Å². The molecule has 142 valence electrons. The quantitative estimate of drug-likeness (QED) is 0.647. The van der Waals surface area contributed by atoms with Crippen molar-refractivity contribution in [1.82, 2.24) is 9.88 Å². The van der Waals surface area contributed by atoms with Crippen LogP contribution in [0.15, 0.2) is 51.7 Å². The van der Waals surface area contributed by atoms with Crippen LogP contribution in [0.5, 0.6) is 11.5 Å². The monoisotopic (exact) mass is 368 g/mol. The minimum absolute atomic E-state index is 0.206. The van der Waals surface area contributed by atoms with E-state index < -0.39 is 0 Å². The molecule has 0 saturated carbocycles. The lowest BCUT2D eigenvalue weighted by molar-refractivity contribution is 0.0935. The first-order valence-corrected chi connectivity index (χ1v) is 9.24. The molecule has 4 rings (SSSR count). The summed E-state index contributed by atoms with van der Waals surface area (Å²) in [5.74, 6) is 3.07. The predicted molar refractivity (Wildman–Crippen MR) is 101 cm³/mol. The molecule has 1 aliphatic heterocycles. The van der Waals surface area contributed by atoms with Crippen molar-refractivity contribution in [2.45, 2.75) is 32.4 Å². The molecule has 0 spiro atoms. The maximum Gasteiger partial charge on any atom is 0.229 e. The van der Waals surface area contributed by atoms with Gasteiger partial charge in [0.1, 0.15) is 18.1 Å². The van der Waals surface area contributed by atoms with Crippen LogP contribution in [0.2, 0.25) is 0 Å². The van der Waals surface area contributed by atoms with E-state index in [0.29, 0.717) is 5.89 Å². The minimum Gasteiger partial charge on any atom is -0.493 e. The van der Waals surface area contributed by atoms with E-state index >= 15 is 0 Å². The number of rotatable bonds is 6. The molecule has 0 amide bonds. The fourth-order valence-electron chi connectivity index (χ4n) is 3.38. The zero-order valence-electron chi connectivity index (χ0n) is 15.7. The highest BCUT2D eigenvalue weighted by molar-refractivity contribution is 5.51. The molecular formula is C21H24N2O4. The van der Waals surface area contributed by atoms with Gasteiger partial charge in [-0.1, -0.05) is 12.1 Å². The fourth-order valence-corrected chi connectivity index (χ4v) is 3.38. The van der Waals surface area contributed by atoms with E-state index in [-0.39, 0.29) is 6.10 Å². The number of likely N-dealkylation sites (tertiary alicyclic amines) is 1. The summed E-state index contributed by atoms with van der Waals surface area (Å²) in [5, 5.41) is 0. The van der Waals surface area contributed by atoms with Crippen LogP contribution < -0.4 is 9.47 Å². The Bertz CT molecular complexity index is 864. The lowest BCUT2D eigenvalue weighted by Gasteiger charge is -2.32. The van der Waals surface area contributed by atoms with Gasteiger partial charge in [-0.05, 0) is 38.0 Å². The second kappa shape index (κ2) is 7.88. The van der Waals surface area contributed by atoms with Gasteiger partial charge < -0.3 is 18.3 Å². The number of oxazole rings is 1. The van der Waals surface area contributed by atoms with Crippen LogP contribution in [-0.2, 0) is 6.54 Å². The van der Waals surface area contributed by atoms with Crippen molar-refractivity contribution in [3.05, 3.63) is 54.3 Å². The maximum atomic E-state index is 6.16. The van der Waals surface area contributed by atoms with Gasteiger partial charge in [-0.2, -0.15) is 0 Å². The maximum absolute atomic E-state index is 6.16. The van der Waals surface area contributed by atoms with Gasteiger partial charge in [0.05, 0.1) is 24.6 Å². The standard InChI is InChI=1S/C21H24N2O4/c1-15-18(22-21(26-15)16-9-12-25-14-16)13-23-10-7-17(8-11-23)27-20-6-4-3-5-19(20)24-2/h3-6,9,12,14,17H,7-8,10-11,13H2,1-2H3. The number of ether oxygens (including phenoxy) is 2. The third kappa shape index (κ3) is 4.01. The highest BCUT2D eigenvalue weighted by Crippen LogP contribution is 2.29. The second-order valence-corrected chi connectivity index (χ2v) is 6.78. The number of methoxy groups -OCH3 is 1. The third-order valence-electron chi connectivity index (χ3n) is 4.93. The Morgan fingerprint density at radius 3 is 2.63 bits per heavy atom. The zero-order chi connectivity index (χ0) is 18.6. The van der Waals surface area contributed by atoms with E-state index in [0.717, 1.165) is 61.0 Å². The van der Waals surface area contributed by atoms with Crippen molar-refractivity contribution in [2.24, 2.45) is 0 Å². The Labute approximate surface area is 158 Å². The van der Waals surface area contributed by atoms with Crippen molar-refractivity contribution < 1.29 is 18.3 Å². The molecular weight excluding hydrogens is 344 g/mol. The number of aromatic nitrogens is 1. The zero-order valence-corrected chi connectivity index (χ0v) is 15.7. The summed E-state index contributed by atoms with van der Waals surface area (Å²) in [7, 11) is 1.67. The number of nitrogens with zero attached hydrogens (tertiary/aromatic N) is 2. The van der Waals surface area contributed by atoms with Crippen molar-refractivity contribution >= 4 is 0 Å². The van der Waals surface area contributed by atoms with Crippen LogP contribution in [0.1, 0.15) is 24.3 Å². The van der Waals surface area contributed by atoms with E-state index in [2.05, 4.69) is 9.88 Å². The first-order valence-electron chi connectivity index (χ1n) is 9.24. The smallest absolute Gasteiger partial charge is 0.229 e. The molecule has 1 saturated heterocycles. The van der Waals surface area contributed by atoms with Crippen LogP contribution in [0.3, 0.4) is 0 Å². The first kappa shape index (κ1) is 17.7. The van der Waals surface area contributed by atoms with Crippen molar-refractivity contribution in [3.8, 4) is 23.0 Å². The van der Waals surface area contributed by atoms with E-state index in [1.165, 1.54) is 0 Å². The molecule has 2 aromatic heterocycles. The molecule has 0 aliphatic carbocycles. The van der Waals surface area contributed by atoms with Gasteiger partial charge in [0, 0.05) is 19.6 Å². The predicted octanol–water partition coefficient (Wildman–Crippen LogP) is 4.30. The Balaban J connectivity index is 1.33. The molecule has 0 N–H and O–H groups in total. The number of furan rings is 1. The van der Waals surface area contributed by atoms with Gasteiger partial charge in [0.25, 0.3) is 0 Å². The molecule has 0 atom stereocenters. The Kier molecular flexibility index (Phi) is 5.16. The normalized spacial score (nSPS) is 15.8. The van der Waals surface area contributed by atoms with Gasteiger partial charge in [-0.3, -0.25) is 4.90 Å². The number of benzene rings is 1. The number of hydrogen-bond donors (Lipinski definition) is 0. The van der Waals surface area contributed by atoms with E-state index in [4.69, 9.17) is 18.3 Å². The minimum atomic E-state index is 0.206. The molecule has 0 unspecified atom stereocenters. The fraction of sp³-hybridized carbons (Fsp3) is 0.381. The summed E-state index contributed by atoms with van der Waals surface area (Å²) < 4.78 is 22.4. The lowest BCUT2D eigenvalue weighted by atomic mass is 10.1. The van der Waals surface area contributed by atoms with E-state index in [1.807, 2.05) is 37.3 Å². The van der Waals surface area contributed by atoms with Gasteiger partial charge in [-0.15, -0.1) is 0 Å². The average Bonchev–Trinajstić information content (AvgIpc) is 3.34. The molecule has 6 nitrogen and oxygen atoms in total. The molecule has 0 bridgehead atoms. The van der Waals surface area contributed by atoms with Crippen molar-refractivity contribution in [1.29, 1.82) is 0 Å². The number of para-hydroxylation sites is 2. The van der Waals surface area contributed by atoms with Crippen molar-refractivity contribution in [3.63, 3.8) is 0 Å². The molecule has 3 aromatic rings. The molecule has 1 aliphatic rings. The molecule has 0 radical (unpaired) electrons. The molecule has 1 fully saturated rings. The second-order valence-electron chi connectivity index (χ2n) is 6.78. The first-order chi connectivity index (χ1) is 13.2. The van der Waals surface area contributed by atoms with Crippen LogP contribution in [0.4, 0.5) is 0 Å². The lowest BCUT2D eigenvalue weighted by Crippen LogP contribution is -2.38. The highest BCUT2D eigenvalue weighted by Gasteiger charge is 2.23. The average molecular weight is 368 g/mol. The summed E-state index contributed by atoms with van der Waals surface area (Å²) in [5.41, 5.74) is 1.85. The summed E-state index contributed by atoms with van der Waals surface area (Å²) in [6.45, 7) is 4.68. The topological polar surface area (TPSA) is 60.9 Å². The van der Waals surface area contributed by atoms with E-state index in [1.54, 1.807) is 19.6 Å². The summed E-state index contributed by atoms with van der Waals surface area (Å²) in [6.07, 6.45) is 5.43. The molecule has 3 heterocycles. The number of piperidine rings is 1. The van der Waals surface area contributed by atoms with Gasteiger partial charge in [0.15, 0.2) is 11.5 Å². The summed E-state index contributed by atoms with van der Waals surface area (Å²) >= 11 is 0. The number of hydrogen-bond acceptors (Lipinski definition) is 6. The third-order valence-corrected chi connectivity index (χ3v) is 4.93. The van der Waals surface area contributed by atoms with Crippen LogP contribution in [0.25, 0.3) is 11.5 Å². The molecule has 6 heteroatoms. The van der Waals surface area contributed by atoms with Crippen LogP contribution in [-0.4, -0.2) is 36.2 Å². The molecule has 27 heavy (non-hydrogen) atoms. The van der Waals surface area contributed by atoms with Crippen LogP contribution >= 0.6 is 0 Å². The highest BCUT2D eigenvalue weighted by atomic mass is 16.5. The SMILES string of the molecule is COc1ccccc1OC1CCN(Cc2nc(-c3ccoc3)oc2C)CC1. The summed E-state index contributed by atoms with van der Waals surface area (Å²) in [4.78, 5) is 7.03. The Hall–Kier alpha value is -2.73. The van der Waals surface area contributed by atoms with Gasteiger partial charge in [0.2, 0.25) is 5.89 Å². The van der Waals surface area contributed by atoms with Crippen molar-refractivity contribution in [2.75, 3.05) is 20.2 Å². The van der Waals surface area contributed by atoms with Crippen LogP contribution in [0, 0.1) is 6.92 Å². The Morgan fingerprint density at radius 2 is 1.93 bits per heavy atom. The molecule has 1 aromatic carbocycles. The van der Waals surface area contributed by atoms with E-state index in [9.17, 15) is 0 Å².